The van der Waals surface area contributed by atoms with E-state index in [2.05, 4.69) is 15.7 Å². The fourth-order valence-electron chi connectivity index (χ4n) is 2.20. The van der Waals surface area contributed by atoms with Crippen molar-refractivity contribution in [3.8, 4) is 0 Å². The predicted octanol–water partition coefficient (Wildman–Crippen LogP) is 2.90. The van der Waals surface area contributed by atoms with Gasteiger partial charge in [-0.2, -0.15) is 0 Å². The zero-order valence-electron chi connectivity index (χ0n) is 10.3. The van der Waals surface area contributed by atoms with Gasteiger partial charge in [0.05, 0.1) is 6.04 Å². The van der Waals surface area contributed by atoms with Crippen molar-refractivity contribution in [2.24, 2.45) is 10.8 Å². The predicted molar refractivity (Wildman–Crippen MR) is 76.7 cm³/mol. The van der Waals surface area contributed by atoms with Crippen molar-refractivity contribution in [1.82, 2.24) is 5.43 Å². The van der Waals surface area contributed by atoms with E-state index in [1.165, 1.54) is 19.3 Å². The molecule has 0 aliphatic heterocycles. The molecule has 1 aromatic carbocycles. The summed E-state index contributed by atoms with van der Waals surface area (Å²) in [5.74, 6) is 6.10. The molecule has 1 aliphatic carbocycles. The summed E-state index contributed by atoms with van der Waals surface area (Å²) in [5, 5.41) is 3.84. The fraction of sp³-hybridized carbons (Fsp3) is 0.462. The molecule has 0 bridgehead atoms. The van der Waals surface area contributed by atoms with Gasteiger partial charge < -0.3 is 5.32 Å². The molecule has 18 heavy (non-hydrogen) atoms. The van der Waals surface area contributed by atoms with Crippen molar-refractivity contribution >= 4 is 23.2 Å². The lowest BCUT2D eigenvalue weighted by Crippen LogP contribution is -2.37. The van der Waals surface area contributed by atoms with Gasteiger partial charge in [-0.1, -0.05) is 36.9 Å². The number of rotatable bonds is 2. The molecule has 0 unspecified atom stereocenters. The van der Waals surface area contributed by atoms with Crippen LogP contribution in [0.25, 0.3) is 0 Å². The van der Waals surface area contributed by atoms with Gasteiger partial charge in [0.2, 0.25) is 5.96 Å². The van der Waals surface area contributed by atoms with Crippen molar-refractivity contribution in [2.45, 2.75) is 38.1 Å². The lowest BCUT2D eigenvalue weighted by Gasteiger charge is -2.19. The highest BCUT2D eigenvalue weighted by atomic mass is 35.5. The number of guanidine groups is 1. The van der Waals surface area contributed by atoms with E-state index in [4.69, 9.17) is 17.4 Å². The Morgan fingerprint density at radius 2 is 2.06 bits per heavy atom. The maximum absolute atomic E-state index is 5.93. The molecule has 0 atom stereocenters. The molecule has 1 saturated carbocycles. The minimum Gasteiger partial charge on any atom is -0.325 e. The monoisotopic (exact) mass is 266 g/mol. The lowest BCUT2D eigenvalue weighted by atomic mass is 9.96. The number of nitrogens with one attached hydrogen (secondary N) is 2. The first-order valence-corrected chi connectivity index (χ1v) is 6.73. The SMILES string of the molecule is NNC(=NC1CCCCC1)Nc1cccc(Cl)c1. The van der Waals surface area contributed by atoms with E-state index in [1.807, 2.05) is 24.3 Å². The van der Waals surface area contributed by atoms with E-state index >= 15 is 0 Å². The van der Waals surface area contributed by atoms with E-state index < -0.39 is 0 Å². The van der Waals surface area contributed by atoms with Crippen molar-refractivity contribution in [2.75, 3.05) is 5.32 Å². The third-order valence-corrected chi connectivity index (χ3v) is 3.35. The molecular formula is C13H19ClN4. The van der Waals surface area contributed by atoms with Crippen LogP contribution in [0.2, 0.25) is 5.02 Å². The van der Waals surface area contributed by atoms with Gasteiger partial charge in [-0.25, -0.2) is 10.8 Å². The van der Waals surface area contributed by atoms with E-state index in [0.717, 1.165) is 18.5 Å². The molecule has 0 aromatic heterocycles. The zero-order chi connectivity index (χ0) is 12.8. The topological polar surface area (TPSA) is 62.4 Å². The van der Waals surface area contributed by atoms with E-state index in [-0.39, 0.29) is 0 Å². The molecular weight excluding hydrogens is 248 g/mol. The smallest absolute Gasteiger partial charge is 0.210 e. The molecule has 0 spiro atoms. The van der Waals surface area contributed by atoms with Crippen LogP contribution in [-0.2, 0) is 0 Å². The minimum absolute atomic E-state index is 0.372. The van der Waals surface area contributed by atoms with Crippen LogP contribution in [0.5, 0.6) is 0 Å². The van der Waals surface area contributed by atoms with Crippen molar-refractivity contribution in [3.63, 3.8) is 0 Å². The van der Waals surface area contributed by atoms with Gasteiger partial charge in [-0.05, 0) is 31.0 Å². The third kappa shape index (κ3) is 3.89. The number of hydrogen-bond acceptors (Lipinski definition) is 2. The second-order valence-corrected chi connectivity index (χ2v) is 4.99. The van der Waals surface area contributed by atoms with Crippen LogP contribution in [0.1, 0.15) is 32.1 Å². The third-order valence-electron chi connectivity index (χ3n) is 3.11. The second kappa shape index (κ2) is 6.61. The molecule has 1 aromatic rings. The summed E-state index contributed by atoms with van der Waals surface area (Å²) < 4.78 is 0. The van der Waals surface area contributed by atoms with Gasteiger partial charge >= 0.3 is 0 Å². The lowest BCUT2D eigenvalue weighted by molar-refractivity contribution is 0.442. The molecule has 0 radical (unpaired) electrons. The Bertz CT molecular complexity index is 413. The van der Waals surface area contributed by atoms with E-state index in [1.54, 1.807) is 0 Å². The normalized spacial score (nSPS) is 17.6. The van der Waals surface area contributed by atoms with Crippen LogP contribution >= 0.6 is 11.6 Å². The molecule has 98 valence electrons. The van der Waals surface area contributed by atoms with Crippen molar-refractivity contribution < 1.29 is 0 Å². The fourth-order valence-corrected chi connectivity index (χ4v) is 2.39. The molecule has 0 heterocycles. The molecule has 4 N–H and O–H groups in total. The molecule has 4 nitrogen and oxygen atoms in total. The average molecular weight is 267 g/mol. The number of aliphatic imine (C=N–C) groups is 1. The van der Waals surface area contributed by atoms with Gasteiger partial charge in [-0.3, -0.25) is 5.43 Å². The number of hydrazine groups is 1. The quantitative estimate of drug-likeness (QED) is 0.334. The van der Waals surface area contributed by atoms with Gasteiger partial charge in [0.1, 0.15) is 0 Å². The van der Waals surface area contributed by atoms with Crippen LogP contribution in [0.15, 0.2) is 29.3 Å². The molecule has 5 heteroatoms. The Morgan fingerprint density at radius 3 is 2.72 bits per heavy atom. The Hall–Kier alpha value is -1.26. The highest BCUT2D eigenvalue weighted by Gasteiger charge is 2.13. The molecule has 1 aliphatic rings. The van der Waals surface area contributed by atoms with E-state index in [0.29, 0.717) is 17.0 Å². The number of nitrogens with two attached hydrogens (primary N) is 1. The summed E-state index contributed by atoms with van der Waals surface area (Å²) in [6.45, 7) is 0. The van der Waals surface area contributed by atoms with Crippen LogP contribution < -0.4 is 16.6 Å². The first-order chi connectivity index (χ1) is 8.78. The van der Waals surface area contributed by atoms with E-state index in [9.17, 15) is 0 Å². The number of hydrogen-bond donors (Lipinski definition) is 3. The second-order valence-electron chi connectivity index (χ2n) is 4.55. The number of benzene rings is 1. The summed E-state index contributed by atoms with van der Waals surface area (Å²) in [6.07, 6.45) is 6.11. The summed E-state index contributed by atoms with van der Waals surface area (Å²) in [4.78, 5) is 4.61. The summed E-state index contributed by atoms with van der Waals surface area (Å²) in [5.41, 5.74) is 3.50. The first kappa shape index (κ1) is 13.2. The Kier molecular flexibility index (Phi) is 4.84. The molecule has 1 fully saturated rings. The van der Waals surface area contributed by atoms with Crippen molar-refractivity contribution in [3.05, 3.63) is 29.3 Å². The largest absolute Gasteiger partial charge is 0.325 e. The minimum atomic E-state index is 0.372. The van der Waals surface area contributed by atoms with Gasteiger partial charge in [0.15, 0.2) is 0 Å². The molecule has 0 amide bonds. The Labute approximate surface area is 113 Å². The molecule has 2 rings (SSSR count). The Balaban J connectivity index is 2.01. The highest BCUT2D eigenvalue weighted by Crippen LogP contribution is 2.20. The van der Waals surface area contributed by atoms with Gasteiger partial charge in [0.25, 0.3) is 0 Å². The van der Waals surface area contributed by atoms with Crippen LogP contribution in [0, 0.1) is 0 Å². The number of anilines is 1. The molecule has 0 saturated heterocycles. The standard InChI is InChI=1S/C13H19ClN4/c14-10-5-4-8-12(9-10)17-13(18-15)16-11-6-2-1-3-7-11/h4-5,8-9,11H,1-3,6-7,15H2,(H2,16,17,18). The number of nitrogens with zero attached hydrogens (tertiary/aromatic N) is 1. The average Bonchev–Trinajstić information content (AvgIpc) is 2.39. The summed E-state index contributed by atoms with van der Waals surface area (Å²) in [7, 11) is 0. The summed E-state index contributed by atoms with van der Waals surface area (Å²) >= 11 is 5.93. The maximum Gasteiger partial charge on any atom is 0.210 e. The van der Waals surface area contributed by atoms with Crippen LogP contribution in [0.4, 0.5) is 5.69 Å². The summed E-state index contributed by atoms with van der Waals surface area (Å²) in [6, 6.07) is 7.87. The van der Waals surface area contributed by atoms with Crippen molar-refractivity contribution in [1.29, 1.82) is 0 Å². The highest BCUT2D eigenvalue weighted by molar-refractivity contribution is 6.30. The first-order valence-electron chi connectivity index (χ1n) is 6.35. The van der Waals surface area contributed by atoms with Gasteiger partial charge in [-0.15, -0.1) is 0 Å². The zero-order valence-corrected chi connectivity index (χ0v) is 11.1. The van der Waals surface area contributed by atoms with Crippen LogP contribution in [0.3, 0.4) is 0 Å². The maximum atomic E-state index is 5.93. The van der Waals surface area contributed by atoms with Gasteiger partial charge in [0, 0.05) is 10.7 Å². The Morgan fingerprint density at radius 1 is 1.28 bits per heavy atom. The number of halogens is 1. The van der Waals surface area contributed by atoms with Crippen LogP contribution in [-0.4, -0.2) is 12.0 Å².